The molecule has 186 valence electrons. The van der Waals surface area contributed by atoms with E-state index < -0.39 is 31.1 Å². The number of benzene rings is 2. The molecule has 2 aromatic carbocycles. The molecule has 0 atom stereocenters. The number of alkyl halides is 3. The van der Waals surface area contributed by atoms with E-state index in [9.17, 15) is 22.8 Å². The number of hydrogen-bond acceptors (Lipinski definition) is 4. The summed E-state index contributed by atoms with van der Waals surface area (Å²) in [7, 11) is 0. The number of para-hydroxylation sites is 1. The molecule has 0 saturated heterocycles. The van der Waals surface area contributed by atoms with Crippen molar-refractivity contribution in [1.82, 2.24) is 9.55 Å². The number of nitrogens with zero attached hydrogens (tertiary/aromatic N) is 2. The first-order valence-electron chi connectivity index (χ1n) is 11.1. The maximum atomic E-state index is 13.2. The van der Waals surface area contributed by atoms with E-state index in [1.54, 1.807) is 49.4 Å². The third kappa shape index (κ3) is 5.14. The van der Waals surface area contributed by atoms with Gasteiger partial charge in [0.25, 0.3) is 0 Å². The van der Waals surface area contributed by atoms with Crippen molar-refractivity contribution in [2.45, 2.75) is 33.5 Å². The SMILES string of the molecule is Cc1c(-c2cccc(Cl)c2)nc2ccccc2c1C(=O)OCC(=O)c1cc(C)n(CC(F)(F)F)c1C. The summed E-state index contributed by atoms with van der Waals surface area (Å²) >= 11 is 6.15. The summed E-state index contributed by atoms with van der Waals surface area (Å²) in [6, 6.07) is 15.5. The second-order valence-corrected chi connectivity index (χ2v) is 8.91. The standard InChI is InChI=1S/C27H22ClF3N2O3/c1-15-11-21(17(3)33(15)14-27(29,30)31)23(34)13-36-26(35)24-16(2)25(18-7-6-8-19(28)12-18)32-22-10-5-4-9-20(22)24/h4-12H,13-14H2,1-3H3. The van der Waals surface area contributed by atoms with Gasteiger partial charge in [-0.05, 0) is 50.6 Å². The van der Waals surface area contributed by atoms with E-state index in [4.69, 9.17) is 21.3 Å². The summed E-state index contributed by atoms with van der Waals surface area (Å²) in [5, 5.41) is 1.07. The van der Waals surface area contributed by atoms with Gasteiger partial charge in [-0.3, -0.25) is 4.79 Å². The summed E-state index contributed by atoms with van der Waals surface area (Å²) in [6.45, 7) is 2.85. The highest BCUT2D eigenvalue weighted by Crippen LogP contribution is 2.31. The quantitative estimate of drug-likeness (QED) is 0.208. The average Bonchev–Trinajstić information content (AvgIpc) is 3.09. The fourth-order valence-corrected chi connectivity index (χ4v) is 4.46. The number of halogens is 4. The fraction of sp³-hybridized carbons (Fsp3) is 0.222. The number of pyridine rings is 1. The molecule has 0 radical (unpaired) electrons. The van der Waals surface area contributed by atoms with E-state index in [2.05, 4.69) is 0 Å². The molecule has 9 heteroatoms. The monoisotopic (exact) mass is 514 g/mol. The number of fused-ring (bicyclic) bond motifs is 1. The van der Waals surface area contributed by atoms with Gasteiger partial charge in [0.15, 0.2) is 6.61 Å². The third-order valence-electron chi connectivity index (χ3n) is 5.98. The molecule has 0 saturated carbocycles. The Balaban J connectivity index is 1.65. The highest BCUT2D eigenvalue weighted by molar-refractivity contribution is 6.30. The lowest BCUT2D eigenvalue weighted by atomic mass is 9.98. The van der Waals surface area contributed by atoms with Crippen LogP contribution in [-0.4, -0.2) is 34.1 Å². The predicted molar refractivity (Wildman–Crippen MR) is 132 cm³/mol. The molecule has 0 spiro atoms. The number of aromatic nitrogens is 2. The van der Waals surface area contributed by atoms with Crippen LogP contribution < -0.4 is 0 Å². The largest absolute Gasteiger partial charge is 0.454 e. The lowest BCUT2D eigenvalue weighted by molar-refractivity contribution is -0.141. The van der Waals surface area contributed by atoms with Crippen LogP contribution in [0.25, 0.3) is 22.2 Å². The first-order valence-corrected chi connectivity index (χ1v) is 11.4. The molecule has 0 fully saturated rings. The summed E-state index contributed by atoms with van der Waals surface area (Å²) in [5.74, 6) is -1.32. The van der Waals surface area contributed by atoms with Crippen molar-refractivity contribution in [3.05, 3.63) is 87.7 Å². The minimum absolute atomic E-state index is 0.0838. The van der Waals surface area contributed by atoms with E-state index in [0.717, 1.165) is 4.57 Å². The van der Waals surface area contributed by atoms with Crippen LogP contribution in [-0.2, 0) is 11.3 Å². The summed E-state index contributed by atoms with van der Waals surface area (Å²) in [5.41, 5.74) is 3.18. The molecule has 0 bridgehead atoms. The van der Waals surface area contributed by atoms with Crippen LogP contribution in [0.3, 0.4) is 0 Å². The lowest BCUT2D eigenvalue weighted by Gasteiger charge is -2.14. The second-order valence-electron chi connectivity index (χ2n) is 8.47. The van der Waals surface area contributed by atoms with Gasteiger partial charge in [-0.2, -0.15) is 13.2 Å². The maximum Gasteiger partial charge on any atom is 0.406 e. The molecule has 0 amide bonds. The van der Waals surface area contributed by atoms with Gasteiger partial charge in [0.05, 0.1) is 16.8 Å². The molecule has 2 heterocycles. The molecule has 4 aromatic rings. The summed E-state index contributed by atoms with van der Waals surface area (Å²) in [6.07, 6.45) is -4.43. The predicted octanol–water partition coefficient (Wildman–Crippen LogP) is 6.88. The first kappa shape index (κ1) is 25.4. The number of ether oxygens (including phenoxy) is 1. The lowest BCUT2D eigenvalue weighted by Crippen LogP contribution is -2.20. The second kappa shape index (κ2) is 9.78. The van der Waals surface area contributed by atoms with Crippen molar-refractivity contribution >= 4 is 34.3 Å². The molecular formula is C27H22ClF3N2O3. The van der Waals surface area contributed by atoms with Crippen molar-refractivity contribution < 1.29 is 27.5 Å². The van der Waals surface area contributed by atoms with Crippen LogP contribution in [0.15, 0.2) is 54.6 Å². The van der Waals surface area contributed by atoms with Crippen molar-refractivity contribution in [3.8, 4) is 11.3 Å². The van der Waals surface area contributed by atoms with Gasteiger partial charge in [0.1, 0.15) is 6.54 Å². The Morgan fingerprint density at radius 3 is 2.44 bits per heavy atom. The van der Waals surface area contributed by atoms with E-state index in [1.807, 2.05) is 6.07 Å². The zero-order chi connectivity index (χ0) is 26.2. The Labute approximate surface area is 210 Å². The Morgan fingerprint density at radius 2 is 1.75 bits per heavy atom. The minimum Gasteiger partial charge on any atom is -0.454 e. The molecule has 0 aliphatic heterocycles. The zero-order valence-corrected chi connectivity index (χ0v) is 20.5. The molecule has 5 nitrogen and oxygen atoms in total. The molecule has 0 unspecified atom stereocenters. The van der Waals surface area contributed by atoms with Gasteiger partial charge in [-0.25, -0.2) is 9.78 Å². The van der Waals surface area contributed by atoms with E-state index >= 15 is 0 Å². The van der Waals surface area contributed by atoms with Crippen LogP contribution in [0, 0.1) is 20.8 Å². The smallest absolute Gasteiger partial charge is 0.406 e. The minimum atomic E-state index is -4.43. The van der Waals surface area contributed by atoms with Crippen LogP contribution in [0.2, 0.25) is 5.02 Å². The van der Waals surface area contributed by atoms with E-state index in [0.29, 0.717) is 38.4 Å². The number of hydrogen-bond donors (Lipinski definition) is 0. The zero-order valence-electron chi connectivity index (χ0n) is 19.7. The summed E-state index contributed by atoms with van der Waals surface area (Å²) < 4.78 is 45.1. The topological polar surface area (TPSA) is 61.2 Å². The number of carbonyl (C=O) groups is 2. The van der Waals surface area contributed by atoms with Crippen molar-refractivity contribution in [2.24, 2.45) is 0 Å². The Kier molecular flexibility index (Phi) is 6.91. The molecular weight excluding hydrogens is 493 g/mol. The Hall–Kier alpha value is -3.65. The Morgan fingerprint density at radius 1 is 1.03 bits per heavy atom. The normalized spacial score (nSPS) is 11.6. The van der Waals surface area contributed by atoms with Gasteiger partial charge in [0, 0.05) is 32.9 Å². The van der Waals surface area contributed by atoms with Crippen LogP contribution in [0.1, 0.15) is 37.7 Å². The maximum absolute atomic E-state index is 13.2. The summed E-state index contributed by atoms with van der Waals surface area (Å²) in [4.78, 5) is 30.7. The fourth-order valence-electron chi connectivity index (χ4n) is 4.27. The van der Waals surface area contributed by atoms with Crippen molar-refractivity contribution in [2.75, 3.05) is 6.61 Å². The van der Waals surface area contributed by atoms with Crippen LogP contribution >= 0.6 is 11.6 Å². The number of carbonyl (C=O) groups excluding carboxylic acids is 2. The highest BCUT2D eigenvalue weighted by atomic mass is 35.5. The number of aryl methyl sites for hydroxylation is 1. The molecule has 0 aliphatic rings. The average molecular weight is 515 g/mol. The van der Waals surface area contributed by atoms with Crippen molar-refractivity contribution in [1.29, 1.82) is 0 Å². The van der Waals surface area contributed by atoms with Crippen molar-refractivity contribution in [3.63, 3.8) is 0 Å². The highest BCUT2D eigenvalue weighted by Gasteiger charge is 2.30. The van der Waals surface area contributed by atoms with E-state index in [-0.39, 0.29) is 16.8 Å². The van der Waals surface area contributed by atoms with Crippen LogP contribution in [0.5, 0.6) is 0 Å². The van der Waals surface area contributed by atoms with Gasteiger partial charge in [-0.15, -0.1) is 0 Å². The van der Waals surface area contributed by atoms with Gasteiger partial charge in [-0.1, -0.05) is 41.9 Å². The van der Waals surface area contributed by atoms with Crippen LogP contribution in [0.4, 0.5) is 13.2 Å². The van der Waals surface area contributed by atoms with E-state index in [1.165, 1.54) is 19.9 Å². The molecule has 0 aliphatic carbocycles. The third-order valence-corrected chi connectivity index (χ3v) is 6.22. The molecule has 4 rings (SSSR count). The number of Topliss-reactive ketones (excluding diaryl/α,β-unsaturated/α-hetero) is 1. The number of esters is 1. The Bertz CT molecular complexity index is 1490. The molecule has 36 heavy (non-hydrogen) atoms. The van der Waals surface area contributed by atoms with Gasteiger partial charge < -0.3 is 9.30 Å². The van der Waals surface area contributed by atoms with Gasteiger partial charge in [0.2, 0.25) is 5.78 Å². The molecule has 0 N–H and O–H groups in total. The first-order chi connectivity index (χ1) is 17.0. The number of rotatable bonds is 6. The number of ketones is 1. The van der Waals surface area contributed by atoms with Gasteiger partial charge >= 0.3 is 12.1 Å². The molecule has 2 aromatic heterocycles.